The van der Waals surface area contributed by atoms with E-state index in [-0.39, 0.29) is 12.0 Å². The Balaban J connectivity index is 1.54. The van der Waals surface area contributed by atoms with Gasteiger partial charge < -0.3 is 9.15 Å². The number of hydrogen-bond acceptors (Lipinski definition) is 5. The Morgan fingerprint density at radius 3 is 2.93 bits per heavy atom. The van der Waals surface area contributed by atoms with Crippen LogP contribution < -0.4 is 4.90 Å². The maximum Gasteiger partial charge on any atom is 0.295 e. The highest BCUT2D eigenvalue weighted by molar-refractivity contribution is 7.22. The molecule has 5 nitrogen and oxygen atoms in total. The smallest absolute Gasteiger partial charge is 0.295 e. The van der Waals surface area contributed by atoms with Gasteiger partial charge in [-0.2, -0.15) is 0 Å². The first kappa shape index (κ1) is 18.3. The van der Waals surface area contributed by atoms with E-state index in [0.717, 1.165) is 41.5 Å². The quantitative estimate of drug-likeness (QED) is 0.443. The fourth-order valence-corrected chi connectivity index (χ4v) is 4.79. The lowest BCUT2D eigenvalue weighted by Crippen LogP contribution is -2.37. The number of nitrogens with zero attached hydrogens (tertiary/aromatic N) is 2. The van der Waals surface area contributed by atoms with Crippen LogP contribution in [0.4, 0.5) is 5.13 Å². The van der Waals surface area contributed by atoms with Crippen molar-refractivity contribution in [3.8, 4) is 0 Å². The number of thiazole rings is 1. The van der Waals surface area contributed by atoms with E-state index in [4.69, 9.17) is 14.1 Å². The highest BCUT2D eigenvalue weighted by Gasteiger charge is 2.29. The van der Waals surface area contributed by atoms with Crippen LogP contribution in [0.25, 0.3) is 21.2 Å². The Morgan fingerprint density at radius 1 is 1.24 bits per heavy atom. The van der Waals surface area contributed by atoms with Crippen molar-refractivity contribution in [2.45, 2.75) is 32.3 Å². The summed E-state index contributed by atoms with van der Waals surface area (Å²) in [6.45, 7) is 3.37. The van der Waals surface area contributed by atoms with E-state index in [0.29, 0.717) is 23.0 Å². The van der Waals surface area contributed by atoms with E-state index in [1.54, 1.807) is 16.2 Å². The fourth-order valence-electron chi connectivity index (χ4n) is 3.75. The molecular formula is C23H22N2O3S. The average Bonchev–Trinajstić information content (AvgIpc) is 3.49. The number of hydrogen-bond donors (Lipinski definition) is 0. The molecule has 4 aromatic rings. The Hall–Kier alpha value is -2.70. The number of rotatable bonds is 5. The molecule has 1 amide bonds. The number of anilines is 1. The van der Waals surface area contributed by atoms with Crippen molar-refractivity contribution in [1.82, 2.24) is 4.98 Å². The minimum Gasteiger partial charge on any atom is -0.451 e. The zero-order valence-electron chi connectivity index (χ0n) is 16.3. The third-order valence-corrected chi connectivity index (χ3v) is 6.41. The topological polar surface area (TPSA) is 55.6 Å². The lowest BCUT2D eigenvalue weighted by molar-refractivity contribution is 0.0896. The van der Waals surface area contributed by atoms with Crippen molar-refractivity contribution in [3.05, 3.63) is 59.9 Å². The molecule has 0 spiro atoms. The largest absolute Gasteiger partial charge is 0.451 e. The van der Waals surface area contributed by atoms with E-state index in [2.05, 4.69) is 19.1 Å². The molecule has 29 heavy (non-hydrogen) atoms. The molecule has 0 saturated carbocycles. The summed E-state index contributed by atoms with van der Waals surface area (Å²) in [7, 11) is 0. The second-order valence-electron chi connectivity index (χ2n) is 7.35. The molecule has 148 valence electrons. The molecule has 0 radical (unpaired) electrons. The standard InChI is InChI=1S/C23H22N2O3S/c1-2-15-9-10-18-21(12-15)29-23(24-18)25(14-17-7-5-11-27-17)22(26)20-13-16-6-3-4-8-19(16)28-20/h3-4,6,8-10,12-13,17H,2,5,7,11,14H2,1H3/t17-/m0/s1. The number of fused-ring (bicyclic) bond motifs is 2. The lowest BCUT2D eigenvalue weighted by atomic mass is 10.2. The summed E-state index contributed by atoms with van der Waals surface area (Å²) in [6.07, 6.45) is 2.98. The Kier molecular flexibility index (Phi) is 4.81. The highest BCUT2D eigenvalue weighted by atomic mass is 32.1. The zero-order valence-corrected chi connectivity index (χ0v) is 17.1. The summed E-state index contributed by atoms with van der Waals surface area (Å²) in [5.74, 6) is 0.157. The van der Waals surface area contributed by atoms with E-state index >= 15 is 0 Å². The molecule has 5 rings (SSSR count). The number of carbonyl (C=O) groups is 1. The number of para-hydroxylation sites is 1. The van der Waals surface area contributed by atoms with Crippen LogP contribution in [-0.4, -0.2) is 30.1 Å². The van der Waals surface area contributed by atoms with Gasteiger partial charge in [-0.1, -0.05) is 42.5 Å². The van der Waals surface area contributed by atoms with Gasteiger partial charge in [0.05, 0.1) is 22.9 Å². The number of amides is 1. The number of ether oxygens (including phenoxy) is 1. The van der Waals surface area contributed by atoms with Crippen LogP contribution in [0.15, 0.2) is 52.9 Å². The molecule has 6 heteroatoms. The zero-order chi connectivity index (χ0) is 19.8. The second-order valence-corrected chi connectivity index (χ2v) is 8.36. The van der Waals surface area contributed by atoms with Gasteiger partial charge in [0.2, 0.25) is 0 Å². The minimum atomic E-state index is -0.175. The third-order valence-electron chi connectivity index (χ3n) is 5.37. The van der Waals surface area contributed by atoms with Crippen LogP contribution >= 0.6 is 11.3 Å². The van der Waals surface area contributed by atoms with Crippen LogP contribution in [0.1, 0.15) is 35.9 Å². The first-order valence-electron chi connectivity index (χ1n) is 10.0. The predicted molar refractivity (Wildman–Crippen MR) is 116 cm³/mol. The molecule has 1 aliphatic heterocycles. The van der Waals surface area contributed by atoms with Gasteiger partial charge in [0.1, 0.15) is 5.58 Å². The third kappa shape index (κ3) is 3.54. The Labute approximate surface area is 172 Å². The number of aromatic nitrogens is 1. The van der Waals surface area contributed by atoms with Crippen LogP contribution in [0.3, 0.4) is 0 Å². The molecule has 0 aliphatic carbocycles. The van der Waals surface area contributed by atoms with Gasteiger partial charge in [-0.3, -0.25) is 9.69 Å². The summed E-state index contributed by atoms with van der Waals surface area (Å²) in [4.78, 5) is 19.9. The molecule has 1 saturated heterocycles. The first-order chi connectivity index (χ1) is 14.2. The molecule has 0 unspecified atom stereocenters. The molecule has 3 heterocycles. The molecular weight excluding hydrogens is 384 g/mol. The summed E-state index contributed by atoms with van der Waals surface area (Å²) in [5.41, 5.74) is 2.89. The van der Waals surface area contributed by atoms with Gasteiger partial charge in [0, 0.05) is 12.0 Å². The summed E-state index contributed by atoms with van der Waals surface area (Å²) in [5, 5.41) is 1.61. The normalized spacial score (nSPS) is 16.7. The second kappa shape index (κ2) is 7.61. The van der Waals surface area contributed by atoms with Gasteiger partial charge in [0.15, 0.2) is 10.9 Å². The van der Waals surface area contributed by atoms with Crippen molar-refractivity contribution in [2.75, 3.05) is 18.1 Å². The SMILES string of the molecule is CCc1ccc2nc(N(C[C@@H]3CCCO3)C(=O)c3cc4ccccc4o3)sc2c1. The van der Waals surface area contributed by atoms with E-state index in [1.807, 2.05) is 36.4 Å². The molecule has 0 bridgehead atoms. The van der Waals surface area contributed by atoms with Gasteiger partial charge in [-0.15, -0.1) is 0 Å². The molecule has 2 aromatic heterocycles. The maximum atomic E-state index is 13.4. The first-order valence-corrected chi connectivity index (χ1v) is 10.8. The highest BCUT2D eigenvalue weighted by Crippen LogP contribution is 2.32. The summed E-state index contributed by atoms with van der Waals surface area (Å²) < 4.78 is 12.8. The van der Waals surface area contributed by atoms with Crippen LogP contribution in [-0.2, 0) is 11.2 Å². The van der Waals surface area contributed by atoms with E-state index in [9.17, 15) is 4.79 Å². The van der Waals surface area contributed by atoms with Gasteiger partial charge >= 0.3 is 0 Å². The average molecular weight is 407 g/mol. The van der Waals surface area contributed by atoms with Crippen LogP contribution in [0, 0.1) is 0 Å². The van der Waals surface area contributed by atoms with Gasteiger partial charge in [-0.05, 0) is 49.1 Å². The van der Waals surface area contributed by atoms with Crippen molar-refractivity contribution in [3.63, 3.8) is 0 Å². The van der Waals surface area contributed by atoms with Crippen molar-refractivity contribution in [2.24, 2.45) is 0 Å². The predicted octanol–water partition coefficient (Wildman–Crippen LogP) is 5.43. The maximum absolute atomic E-state index is 13.4. The fraction of sp³-hybridized carbons (Fsp3) is 0.304. The van der Waals surface area contributed by atoms with Crippen LogP contribution in [0.2, 0.25) is 0 Å². The van der Waals surface area contributed by atoms with E-state index in [1.165, 1.54) is 5.56 Å². The Bertz CT molecular complexity index is 1140. The van der Waals surface area contributed by atoms with Crippen molar-refractivity contribution in [1.29, 1.82) is 0 Å². The lowest BCUT2D eigenvalue weighted by Gasteiger charge is -2.22. The number of furan rings is 1. The summed E-state index contributed by atoms with van der Waals surface area (Å²) in [6, 6.07) is 15.8. The Morgan fingerprint density at radius 2 is 2.14 bits per heavy atom. The number of benzene rings is 2. The van der Waals surface area contributed by atoms with Gasteiger partial charge in [0.25, 0.3) is 5.91 Å². The van der Waals surface area contributed by atoms with Crippen LogP contribution in [0.5, 0.6) is 0 Å². The summed E-state index contributed by atoms with van der Waals surface area (Å²) >= 11 is 1.54. The molecule has 2 aromatic carbocycles. The molecule has 1 fully saturated rings. The number of carbonyl (C=O) groups excluding carboxylic acids is 1. The van der Waals surface area contributed by atoms with Crippen molar-refractivity contribution >= 4 is 43.6 Å². The molecule has 1 atom stereocenters. The van der Waals surface area contributed by atoms with Crippen molar-refractivity contribution < 1.29 is 13.9 Å². The number of aryl methyl sites for hydroxylation is 1. The monoisotopic (exact) mass is 406 g/mol. The molecule has 1 aliphatic rings. The van der Waals surface area contributed by atoms with E-state index < -0.39 is 0 Å². The van der Waals surface area contributed by atoms with Gasteiger partial charge in [-0.25, -0.2) is 4.98 Å². The molecule has 0 N–H and O–H groups in total. The minimum absolute atomic E-state index is 0.0292.